The maximum atomic E-state index is 13.5. The van der Waals surface area contributed by atoms with Gasteiger partial charge in [-0.15, -0.1) is 11.8 Å². The molecule has 0 saturated carbocycles. The van der Waals surface area contributed by atoms with E-state index in [-0.39, 0.29) is 17.4 Å². The van der Waals surface area contributed by atoms with Crippen LogP contribution in [0.5, 0.6) is 0 Å². The molecule has 6 heteroatoms. The van der Waals surface area contributed by atoms with Crippen LogP contribution < -0.4 is 10.6 Å². The summed E-state index contributed by atoms with van der Waals surface area (Å²) in [7, 11) is 0. The van der Waals surface area contributed by atoms with Gasteiger partial charge in [-0.3, -0.25) is 9.59 Å². The maximum Gasteiger partial charge on any atom is 0.251 e. The maximum absolute atomic E-state index is 13.5. The van der Waals surface area contributed by atoms with Gasteiger partial charge in [0.05, 0.1) is 5.75 Å². The Labute approximate surface area is 162 Å². The quantitative estimate of drug-likeness (QED) is 0.567. The van der Waals surface area contributed by atoms with Gasteiger partial charge in [-0.2, -0.15) is 0 Å². The van der Waals surface area contributed by atoms with Crippen molar-refractivity contribution in [2.75, 3.05) is 18.8 Å². The van der Waals surface area contributed by atoms with Crippen LogP contribution >= 0.6 is 11.8 Å². The summed E-state index contributed by atoms with van der Waals surface area (Å²) < 4.78 is 13.5. The number of carbonyl (C=O) groups excluding carboxylic acids is 2. The van der Waals surface area contributed by atoms with Gasteiger partial charge in [0, 0.05) is 23.5 Å². The van der Waals surface area contributed by atoms with Crippen molar-refractivity contribution in [3.63, 3.8) is 0 Å². The molecule has 0 unspecified atom stereocenters. The second-order valence-electron chi connectivity index (χ2n) is 6.64. The third-order valence-electron chi connectivity index (χ3n) is 4.61. The highest BCUT2D eigenvalue weighted by Crippen LogP contribution is 2.27. The van der Waals surface area contributed by atoms with Crippen molar-refractivity contribution in [2.24, 2.45) is 0 Å². The van der Waals surface area contributed by atoms with Gasteiger partial charge in [0.15, 0.2) is 0 Å². The van der Waals surface area contributed by atoms with Crippen LogP contribution in [0.2, 0.25) is 0 Å². The number of fused-ring (bicyclic) bond motifs is 1. The molecule has 3 rings (SSSR count). The topological polar surface area (TPSA) is 58.2 Å². The van der Waals surface area contributed by atoms with Crippen LogP contribution in [-0.2, 0) is 17.6 Å². The third kappa shape index (κ3) is 5.32. The van der Waals surface area contributed by atoms with E-state index in [4.69, 9.17) is 0 Å². The molecule has 2 amide bonds. The van der Waals surface area contributed by atoms with Crippen LogP contribution in [0.1, 0.15) is 33.5 Å². The SMILES string of the molecule is Cc1ccc(C(=O)NCCNC(=O)CSc2ccc3c(c2)CCC3)cc1F. The molecule has 0 saturated heterocycles. The molecule has 0 radical (unpaired) electrons. The van der Waals surface area contributed by atoms with Gasteiger partial charge in [0.1, 0.15) is 5.82 Å². The first-order valence-corrected chi connectivity index (χ1v) is 10.1. The van der Waals surface area contributed by atoms with Gasteiger partial charge in [0.2, 0.25) is 5.91 Å². The molecule has 0 bridgehead atoms. The molecular formula is C21H23FN2O2S. The molecule has 0 atom stereocenters. The molecule has 1 aliphatic carbocycles. The largest absolute Gasteiger partial charge is 0.354 e. The number of amides is 2. The van der Waals surface area contributed by atoms with Crippen molar-refractivity contribution >= 4 is 23.6 Å². The summed E-state index contributed by atoms with van der Waals surface area (Å²) in [4.78, 5) is 25.0. The zero-order chi connectivity index (χ0) is 19.2. The van der Waals surface area contributed by atoms with Crippen LogP contribution in [-0.4, -0.2) is 30.7 Å². The van der Waals surface area contributed by atoms with Crippen molar-refractivity contribution in [3.8, 4) is 0 Å². The fourth-order valence-electron chi connectivity index (χ4n) is 3.05. The van der Waals surface area contributed by atoms with Crippen LogP contribution in [0.3, 0.4) is 0 Å². The molecule has 0 fully saturated rings. The summed E-state index contributed by atoms with van der Waals surface area (Å²) in [6.45, 7) is 2.28. The zero-order valence-corrected chi connectivity index (χ0v) is 16.1. The minimum Gasteiger partial charge on any atom is -0.354 e. The second kappa shape index (κ2) is 9.04. The summed E-state index contributed by atoms with van der Waals surface area (Å²) in [5.41, 5.74) is 3.60. The van der Waals surface area contributed by atoms with E-state index in [0.717, 1.165) is 17.7 Å². The predicted molar refractivity (Wildman–Crippen MR) is 106 cm³/mol. The van der Waals surface area contributed by atoms with Crippen molar-refractivity contribution in [1.82, 2.24) is 10.6 Å². The van der Waals surface area contributed by atoms with E-state index in [2.05, 4.69) is 28.8 Å². The number of hydrogen-bond acceptors (Lipinski definition) is 3. The molecule has 1 aliphatic rings. The molecule has 0 spiro atoms. The van der Waals surface area contributed by atoms with E-state index < -0.39 is 5.82 Å². The van der Waals surface area contributed by atoms with Gasteiger partial charge in [0.25, 0.3) is 5.91 Å². The number of thioether (sulfide) groups is 1. The highest BCUT2D eigenvalue weighted by molar-refractivity contribution is 8.00. The molecule has 2 N–H and O–H groups in total. The van der Waals surface area contributed by atoms with Crippen molar-refractivity contribution in [3.05, 3.63) is 64.5 Å². The standard InChI is InChI=1S/C21H23FN2O2S/c1-14-5-6-17(12-19(14)22)21(26)24-10-9-23-20(25)13-27-18-8-7-15-3-2-4-16(15)11-18/h5-8,11-12H,2-4,9-10,13H2,1H3,(H,23,25)(H,24,26). The number of halogens is 1. The minimum atomic E-state index is -0.403. The number of hydrogen-bond donors (Lipinski definition) is 2. The van der Waals surface area contributed by atoms with E-state index in [1.165, 1.54) is 35.4 Å². The van der Waals surface area contributed by atoms with E-state index in [1.54, 1.807) is 19.1 Å². The Morgan fingerprint density at radius 1 is 1.04 bits per heavy atom. The first-order valence-electron chi connectivity index (χ1n) is 9.08. The Balaban J connectivity index is 1.35. The molecule has 0 aromatic heterocycles. The van der Waals surface area contributed by atoms with Gasteiger partial charge in [-0.25, -0.2) is 4.39 Å². The van der Waals surface area contributed by atoms with Gasteiger partial charge in [-0.1, -0.05) is 12.1 Å². The Hall–Kier alpha value is -2.34. The summed E-state index contributed by atoms with van der Waals surface area (Å²) in [5.74, 6) is -0.484. The fourth-order valence-corrected chi connectivity index (χ4v) is 3.84. The molecule has 27 heavy (non-hydrogen) atoms. The monoisotopic (exact) mass is 386 g/mol. The van der Waals surface area contributed by atoms with E-state index in [9.17, 15) is 14.0 Å². The summed E-state index contributed by atoms with van der Waals surface area (Å²) in [6, 6.07) is 10.8. The highest BCUT2D eigenvalue weighted by Gasteiger charge is 2.12. The lowest BCUT2D eigenvalue weighted by Crippen LogP contribution is -2.35. The molecule has 2 aromatic rings. The summed E-state index contributed by atoms with van der Waals surface area (Å²) >= 11 is 1.52. The average Bonchev–Trinajstić information content (AvgIpc) is 3.13. The number of nitrogens with one attached hydrogen (secondary N) is 2. The fraction of sp³-hybridized carbons (Fsp3) is 0.333. The Kier molecular flexibility index (Phi) is 6.50. The number of aryl methyl sites for hydroxylation is 3. The number of benzene rings is 2. The Morgan fingerprint density at radius 2 is 1.81 bits per heavy atom. The van der Waals surface area contributed by atoms with E-state index in [0.29, 0.717) is 24.4 Å². The molecular weight excluding hydrogens is 363 g/mol. The van der Waals surface area contributed by atoms with E-state index >= 15 is 0 Å². The average molecular weight is 386 g/mol. The lowest BCUT2D eigenvalue weighted by molar-refractivity contribution is -0.118. The second-order valence-corrected chi connectivity index (χ2v) is 7.69. The highest BCUT2D eigenvalue weighted by atomic mass is 32.2. The predicted octanol–water partition coefficient (Wildman–Crippen LogP) is 3.26. The van der Waals surface area contributed by atoms with Crippen LogP contribution in [0, 0.1) is 12.7 Å². The van der Waals surface area contributed by atoms with Crippen molar-refractivity contribution in [1.29, 1.82) is 0 Å². The lowest BCUT2D eigenvalue weighted by Gasteiger charge is -2.08. The van der Waals surface area contributed by atoms with Crippen LogP contribution in [0.25, 0.3) is 0 Å². The Morgan fingerprint density at radius 3 is 2.63 bits per heavy atom. The number of rotatable bonds is 7. The van der Waals surface area contributed by atoms with Gasteiger partial charge < -0.3 is 10.6 Å². The van der Waals surface area contributed by atoms with Gasteiger partial charge in [-0.05, 0) is 67.1 Å². The molecule has 0 heterocycles. The van der Waals surface area contributed by atoms with Crippen molar-refractivity contribution < 1.29 is 14.0 Å². The zero-order valence-electron chi connectivity index (χ0n) is 15.3. The lowest BCUT2D eigenvalue weighted by atomic mass is 10.1. The third-order valence-corrected chi connectivity index (χ3v) is 5.60. The molecule has 142 valence electrons. The Bertz CT molecular complexity index is 854. The van der Waals surface area contributed by atoms with Crippen molar-refractivity contribution in [2.45, 2.75) is 31.1 Å². The normalized spacial score (nSPS) is 12.5. The molecule has 0 aliphatic heterocycles. The summed E-state index contributed by atoms with van der Waals surface area (Å²) in [6.07, 6.45) is 3.49. The smallest absolute Gasteiger partial charge is 0.251 e. The minimum absolute atomic E-state index is 0.0730. The number of carbonyl (C=O) groups is 2. The van der Waals surface area contributed by atoms with Gasteiger partial charge >= 0.3 is 0 Å². The van der Waals surface area contributed by atoms with Crippen LogP contribution in [0.15, 0.2) is 41.3 Å². The molecule has 4 nitrogen and oxygen atoms in total. The first kappa shape index (κ1) is 19.4. The molecule has 2 aromatic carbocycles. The van der Waals surface area contributed by atoms with Crippen LogP contribution in [0.4, 0.5) is 4.39 Å². The first-order chi connectivity index (χ1) is 13.0. The van der Waals surface area contributed by atoms with E-state index in [1.807, 2.05) is 0 Å². The summed E-state index contributed by atoms with van der Waals surface area (Å²) in [5, 5.41) is 5.46.